The molecule has 84 valence electrons. The summed E-state index contributed by atoms with van der Waals surface area (Å²) in [5, 5.41) is 0.644. The molecule has 2 nitrogen and oxygen atoms in total. The smallest absolute Gasteiger partial charge is 0.258 e. The molecule has 0 aliphatic carbocycles. The molecule has 0 saturated carbocycles. The first-order valence-corrected chi connectivity index (χ1v) is 5.83. The number of benzene rings is 1. The summed E-state index contributed by atoms with van der Waals surface area (Å²) in [6.45, 7) is 6.69. The third-order valence-electron chi connectivity index (χ3n) is 2.81. The first-order valence-electron chi connectivity index (χ1n) is 5.46. The highest BCUT2D eigenvalue weighted by molar-refractivity contribution is 6.34. The normalized spacial score (nSPS) is 14.5. The molecule has 1 aromatic carbocycles. The second-order valence-electron chi connectivity index (χ2n) is 3.95. The first kappa shape index (κ1) is 11.2. The van der Waals surface area contributed by atoms with Crippen molar-refractivity contribution < 1.29 is 4.79 Å². The lowest BCUT2D eigenvalue weighted by molar-refractivity contribution is -0.113. The van der Waals surface area contributed by atoms with Crippen molar-refractivity contribution in [2.75, 3.05) is 11.4 Å². The molecule has 1 aliphatic heterocycles. The van der Waals surface area contributed by atoms with Gasteiger partial charge >= 0.3 is 0 Å². The number of fused-ring (bicyclic) bond motifs is 1. The van der Waals surface area contributed by atoms with Gasteiger partial charge in [0.2, 0.25) is 0 Å². The molecule has 1 aromatic rings. The average Bonchev–Trinajstić information content (AvgIpc) is 2.50. The molecule has 1 aliphatic rings. The van der Waals surface area contributed by atoms with E-state index in [1.165, 1.54) is 0 Å². The number of hydrogen-bond acceptors (Lipinski definition) is 1. The number of carbonyl (C=O) groups is 1. The zero-order chi connectivity index (χ0) is 11.7. The molecule has 0 spiro atoms. The lowest BCUT2D eigenvalue weighted by Gasteiger charge is -2.16. The van der Waals surface area contributed by atoms with Gasteiger partial charge in [-0.2, -0.15) is 0 Å². The molecular weight excluding hydrogens is 222 g/mol. The number of unbranched alkanes of at least 4 members (excludes halogenated alkanes) is 1. The summed E-state index contributed by atoms with van der Waals surface area (Å²) in [6.07, 6.45) is 2.07. The van der Waals surface area contributed by atoms with Gasteiger partial charge < -0.3 is 4.90 Å². The predicted molar refractivity (Wildman–Crippen MR) is 67.7 cm³/mol. The van der Waals surface area contributed by atoms with Crippen molar-refractivity contribution in [3.63, 3.8) is 0 Å². The van der Waals surface area contributed by atoms with E-state index in [2.05, 4.69) is 13.5 Å². The van der Waals surface area contributed by atoms with Crippen molar-refractivity contribution in [2.45, 2.75) is 19.8 Å². The molecule has 0 bridgehead atoms. The number of rotatable bonds is 3. The standard InChI is InChI=1S/C13H14ClNO/c1-3-4-7-15-12-6-5-10(14)8-11(12)9(2)13(15)16/h5-6,8H,2-4,7H2,1H3. The number of nitrogens with zero attached hydrogens (tertiary/aromatic N) is 1. The predicted octanol–water partition coefficient (Wildman–Crippen LogP) is 3.50. The number of anilines is 1. The van der Waals surface area contributed by atoms with Crippen LogP contribution in [0.4, 0.5) is 5.69 Å². The third kappa shape index (κ3) is 1.74. The van der Waals surface area contributed by atoms with E-state index in [0.717, 1.165) is 30.6 Å². The first-order chi connectivity index (χ1) is 7.65. The Kier molecular flexibility index (Phi) is 3.01. The van der Waals surface area contributed by atoms with Crippen LogP contribution in [-0.4, -0.2) is 12.5 Å². The molecule has 1 amide bonds. The maximum Gasteiger partial charge on any atom is 0.258 e. The highest BCUT2D eigenvalue weighted by Crippen LogP contribution is 2.37. The summed E-state index contributed by atoms with van der Waals surface area (Å²) in [7, 11) is 0. The van der Waals surface area contributed by atoms with Gasteiger partial charge in [0.15, 0.2) is 0 Å². The van der Waals surface area contributed by atoms with Crippen LogP contribution in [0.15, 0.2) is 24.8 Å². The van der Waals surface area contributed by atoms with Gasteiger partial charge in [0, 0.05) is 22.7 Å². The van der Waals surface area contributed by atoms with Crippen molar-refractivity contribution in [2.24, 2.45) is 0 Å². The van der Waals surface area contributed by atoms with E-state index >= 15 is 0 Å². The van der Waals surface area contributed by atoms with Gasteiger partial charge in [0.25, 0.3) is 5.91 Å². The number of carbonyl (C=O) groups excluding carboxylic acids is 1. The minimum absolute atomic E-state index is 0.00529. The number of hydrogen-bond donors (Lipinski definition) is 0. The van der Waals surface area contributed by atoms with Crippen LogP contribution in [0.2, 0.25) is 5.02 Å². The molecule has 1 heterocycles. The maximum atomic E-state index is 12.0. The van der Waals surface area contributed by atoms with Gasteiger partial charge in [-0.25, -0.2) is 0 Å². The van der Waals surface area contributed by atoms with Crippen LogP contribution in [0.3, 0.4) is 0 Å². The summed E-state index contributed by atoms with van der Waals surface area (Å²) in [6, 6.07) is 5.51. The van der Waals surface area contributed by atoms with Crippen LogP contribution in [0.1, 0.15) is 25.3 Å². The van der Waals surface area contributed by atoms with E-state index in [1.807, 2.05) is 18.2 Å². The summed E-state index contributed by atoms with van der Waals surface area (Å²) in [5.41, 5.74) is 2.36. The van der Waals surface area contributed by atoms with Gasteiger partial charge in [-0.05, 0) is 24.6 Å². The largest absolute Gasteiger partial charge is 0.308 e. The quantitative estimate of drug-likeness (QED) is 0.735. The van der Waals surface area contributed by atoms with Crippen LogP contribution < -0.4 is 4.90 Å². The molecule has 16 heavy (non-hydrogen) atoms. The average molecular weight is 236 g/mol. The van der Waals surface area contributed by atoms with Crippen molar-refractivity contribution >= 4 is 28.8 Å². The Bertz CT molecular complexity index is 453. The van der Waals surface area contributed by atoms with Gasteiger partial charge in [-0.3, -0.25) is 4.79 Å². The zero-order valence-electron chi connectivity index (χ0n) is 9.29. The Labute approximate surface area is 101 Å². The second kappa shape index (κ2) is 4.30. The molecule has 0 saturated heterocycles. The molecule has 0 N–H and O–H groups in total. The van der Waals surface area contributed by atoms with Gasteiger partial charge in [-0.1, -0.05) is 31.5 Å². The Morgan fingerprint density at radius 3 is 2.88 bits per heavy atom. The Morgan fingerprint density at radius 2 is 2.19 bits per heavy atom. The van der Waals surface area contributed by atoms with Crippen molar-refractivity contribution in [1.29, 1.82) is 0 Å². The number of halogens is 1. The molecule has 3 heteroatoms. The van der Waals surface area contributed by atoms with Crippen LogP contribution in [0.5, 0.6) is 0 Å². The van der Waals surface area contributed by atoms with Crippen molar-refractivity contribution in [3.05, 3.63) is 35.4 Å². The molecule has 0 fully saturated rings. The second-order valence-corrected chi connectivity index (χ2v) is 4.39. The van der Waals surface area contributed by atoms with Gasteiger partial charge in [-0.15, -0.1) is 0 Å². The minimum Gasteiger partial charge on any atom is -0.308 e. The lowest BCUT2D eigenvalue weighted by atomic mass is 10.1. The monoisotopic (exact) mass is 235 g/mol. The van der Waals surface area contributed by atoms with Crippen LogP contribution in [0.25, 0.3) is 5.57 Å². The van der Waals surface area contributed by atoms with Crippen LogP contribution >= 0.6 is 11.6 Å². The van der Waals surface area contributed by atoms with E-state index < -0.39 is 0 Å². The third-order valence-corrected chi connectivity index (χ3v) is 3.05. The van der Waals surface area contributed by atoms with Crippen LogP contribution in [0, 0.1) is 0 Å². The summed E-state index contributed by atoms with van der Waals surface area (Å²) < 4.78 is 0. The number of amides is 1. The molecular formula is C13H14ClNO. The fraction of sp³-hybridized carbons (Fsp3) is 0.308. The molecule has 2 rings (SSSR count). The molecule has 0 unspecified atom stereocenters. The zero-order valence-corrected chi connectivity index (χ0v) is 10.0. The van der Waals surface area contributed by atoms with Crippen molar-refractivity contribution in [3.8, 4) is 0 Å². The SMILES string of the molecule is C=C1C(=O)N(CCCC)c2ccc(Cl)cc21. The van der Waals surface area contributed by atoms with E-state index in [9.17, 15) is 4.79 Å². The van der Waals surface area contributed by atoms with E-state index in [-0.39, 0.29) is 5.91 Å². The van der Waals surface area contributed by atoms with Gasteiger partial charge in [0.1, 0.15) is 0 Å². The fourth-order valence-electron chi connectivity index (χ4n) is 1.91. The van der Waals surface area contributed by atoms with E-state index in [4.69, 9.17) is 11.6 Å². The fourth-order valence-corrected chi connectivity index (χ4v) is 2.08. The van der Waals surface area contributed by atoms with Crippen molar-refractivity contribution in [1.82, 2.24) is 0 Å². The van der Waals surface area contributed by atoms with Gasteiger partial charge in [0.05, 0.1) is 5.69 Å². The highest BCUT2D eigenvalue weighted by Gasteiger charge is 2.30. The Morgan fingerprint density at radius 1 is 1.44 bits per heavy atom. The highest BCUT2D eigenvalue weighted by atomic mass is 35.5. The maximum absolute atomic E-state index is 12.0. The Balaban J connectivity index is 2.38. The summed E-state index contributed by atoms with van der Waals surface area (Å²) >= 11 is 5.92. The summed E-state index contributed by atoms with van der Waals surface area (Å²) in [5.74, 6) is 0.00529. The molecule has 0 radical (unpaired) electrons. The van der Waals surface area contributed by atoms with Crippen LogP contribution in [-0.2, 0) is 4.79 Å². The topological polar surface area (TPSA) is 20.3 Å². The molecule has 0 aromatic heterocycles. The Hall–Kier alpha value is -1.28. The molecule has 0 atom stereocenters. The van der Waals surface area contributed by atoms with E-state index in [0.29, 0.717) is 10.6 Å². The van der Waals surface area contributed by atoms with E-state index in [1.54, 1.807) is 4.90 Å². The summed E-state index contributed by atoms with van der Waals surface area (Å²) in [4.78, 5) is 13.8. The minimum atomic E-state index is 0.00529. The lowest BCUT2D eigenvalue weighted by Crippen LogP contribution is -2.27.